The van der Waals surface area contributed by atoms with E-state index in [1.54, 1.807) is 18.8 Å². The molecule has 3 rings (SSSR count). The van der Waals surface area contributed by atoms with Crippen molar-refractivity contribution in [2.75, 3.05) is 19.0 Å². The fourth-order valence-electron chi connectivity index (χ4n) is 2.95. The van der Waals surface area contributed by atoms with Crippen LogP contribution in [0.4, 0.5) is 10.6 Å². The number of urea groups is 1. The number of methoxy groups -OCH3 is 1. The third-order valence-corrected chi connectivity index (χ3v) is 4.03. The molecule has 0 saturated heterocycles. The summed E-state index contributed by atoms with van der Waals surface area (Å²) in [6, 6.07) is 5.38. The van der Waals surface area contributed by atoms with Gasteiger partial charge in [-0.25, -0.2) is 4.79 Å². The van der Waals surface area contributed by atoms with Crippen LogP contribution in [-0.2, 0) is 7.05 Å². The van der Waals surface area contributed by atoms with Crippen LogP contribution in [-0.4, -0.2) is 29.5 Å². The van der Waals surface area contributed by atoms with E-state index in [1.165, 1.54) is 0 Å². The van der Waals surface area contributed by atoms with Crippen LogP contribution in [0.15, 0.2) is 18.2 Å². The van der Waals surface area contributed by atoms with Gasteiger partial charge in [0.2, 0.25) is 0 Å². The molecule has 7 nitrogen and oxygen atoms in total. The summed E-state index contributed by atoms with van der Waals surface area (Å²) in [5.74, 6) is 2.05. The minimum absolute atomic E-state index is 0.128. The molecular formula is C17H22N4O3. The van der Waals surface area contributed by atoms with Crippen molar-refractivity contribution in [1.82, 2.24) is 15.1 Å². The van der Waals surface area contributed by atoms with E-state index < -0.39 is 0 Å². The first-order valence-electron chi connectivity index (χ1n) is 7.87. The number of hydrogen-bond acceptors (Lipinski definition) is 4. The standard InChI is InChI=1S/C17H22N4O3/c1-10-7-12-13(5-6-24-16(12)14(8-10)23-4)18-17(22)19-15-9-11(2)20-21(15)3/h7-9,13H,5-6H2,1-4H3,(H2,18,19,22)/t13-/m1/s1. The number of carbonyl (C=O) groups excluding carboxylic acids is 1. The highest BCUT2D eigenvalue weighted by molar-refractivity contribution is 5.88. The lowest BCUT2D eigenvalue weighted by Crippen LogP contribution is -2.35. The van der Waals surface area contributed by atoms with E-state index in [1.807, 2.05) is 32.0 Å². The summed E-state index contributed by atoms with van der Waals surface area (Å²) < 4.78 is 12.8. The summed E-state index contributed by atoms with van der Waals surface area (Å²) in [6.07, 6.45) is 0.706. The van der Waals surface area contributed by atoms with Crippen LogP contribution >= 0.6 is 0 Å². The van der Waals surface area contributed by atoms with Gasteiger partial charge in [-0.2, -0.15) is 5.10 Å². The SMILES string of the molecule is COc1cc(C)cc2c1OCC[C@H]2NC(=O)Nc1cc(C)nn1C. The van der Waals surface area contributed by atoms with Gasteiger partial charge in [0.15, 0.2) is 11.5 Å². The second kappa shape index (κ2) is 6.43. The van der Waals surface area contributed by atoms with Crippen LogP contribution in [0.25, 0.3) is 0 Å². The van der Waals surface area contributed by atoms with Gasteiger partial charge >= 0.3 is 6.03 Å². The minimum Gasteiger partial charge on any atom is -0.493 e. The molecule has 0 fully saturated rings. The van der Waals surface area contributed by atoms with Crippen molar-refractivity contribution in [2.45, 2.75) is 26.3 Å². The number of rotatable bonds is 3. The van der Waals surface area contributed by atoms with Crippen LogP contribution in [0, 0.1) is 13.8 Å². The third kappa shape index (κ3) is 3.15. The van der Waals surface area contributed by atoms with Crippen LogP contribution in [0.1, 0.15) is 29.3 Å². The maximum absolute atomic E-state index is 12.4. The van der Waals surface area contributed by atoms with Gasteiger partial charge in [-0.3, -0.25) is 10.00 Å². The highest BCUT2D eigenvalue weighted by Crippen LogP contribution is 2.40. The van der Waals surface area contributed by atoms with Gasteiger partial charge in [-0.1, -0.05) is 6.07 Å². The zero-order valence-electron chi connectivity index (χ0n) is 14.3. The number of aromatic nitrogens is 2. The molecule has 2 N–H and O–H groups in total. The van der Waals surface area contributed by atoms with E-state index in [9.17, 15) is 4.79 Å². The Balaban J connectivity index is 1.78. The maximum atomic E-state index is 12.4. The number of anilines is 1. The first kappa shape index (κ1) is 16.2. The Bertz CT molecular complexity index is 769. The first-order valence-corrected chi connectivity index (χ1v) is 7.87. The molecule has 0 spiro atoms. The lowest BCUT2D eigenvalue weighted by atomic mass is 9.98. The van der Waals surface area contributed by atoms with Crippen molar-refractivity contribution in [1.29, 1.82) is 0 Å². The summed E-state index contributed by atoms with van der Waals surface area (Å²) in [7, 11) is 3.41. The molecule has 1 aromatic carbocycles. The van der Waals surface area contributed by atoms with Crippen LogP contribution < -0.4 is 20.1 Å². The predicted octanol–water partition coefficient (Wildman–Crippen LogP) is 2.69. The first-order chi connectivity index (χ1) is 11.5. The van der Waals surface area contributed by atoms with Gasteiger partial charge in [0.05, 0.1) is 25.5 Å². The number of carbonyl (C=O) groups is 1. The number of amides is 2. The molecule has 1 aromatic heterocycles. The van der Waals surface area contributed by atoms with Crippen molar-refractivity contribution < 1.29 is 14.3 Å². The molecule has 1 atom stereocenters. The van der Waals surface area contributed by atoms with E-state index in [0.29, 0.717) is 30.3 Å². The predicted molar refractivity (Wildman–Crippen MR) is 90.7 cm³/mol. The van der Waals surface area contributed by atoms with E-state index in [0.717, 1.165) is 16.8 Å². The molecule has 128 valence electrons. The fourth-order valence-corrected chi connectivity index (χ4v) is 2.95. The van der Waals surface area contributed by atoms with E-state index in [2.05, 4.69) is 15.7 Å². The summed E-state index contributed by atoms with van der Waals surface area (Å²) in [4.78, 5) is 12.4. The Morgan fingerprint density at radius 2 is 2.17 bits per heavy atom. The lowest BCUT2D eigenvalue weighted by Gasteiger charge is -2.28. The van der Waals surface area contributed by atoms with E-state index >= 15 is 0 Å². The maximum Gasteiger partial charge on any atom is 0.320 e. The Hall–Kier alpha value is -2.70. The summed E-state index contributed by atoms with van der Waals surface area (Å²) >= 11 is 0. The van der Waals surface area contributed by atoms with Gasteiger partial charge in [-0.05, 0) is 25.5 Å². The molecular weight excluding hydrogens is 308 g/mol. The average molecular weight is 330 g/mol. The Kier molecular flexibility index (Phi) is 4.33. The number of nitrogens with zero attached hydrogens (tertiary/aromatic N) is 2. The van der Waals surface area contributed by atoms with Crippen LogP contribution in [0.2, 0.25) is 0 Å². The van der Waals surface area contributed by atoms with Crippen molar-refractivity contribution in [2.24, 2.45) is 7.05 Å². The van der Waals surface area contributed by atoms with Crippen LogP contribution in [0.3, 0.4) is 0 Å². The van der Waals surface area contributed by atoms with Gasteiger partial charge < -0.3 is 14.8 Å². The Morgan fingerprint density at radius 3 is 2.83 bits per heavy atom. The molecule has 0 aliphatic carbocycles. The molecule has 0 saturated carbocycles. The van der Waals surface area contributed by atoms with Gasteiger partial charge in [-0.15, -0.1) is 0 Å². The highest BCUT2D eigenvalue weighted by atomic mass is 16.5. The lowest BCUT2D eigenvalue weighted by molar-refractivity contribution is 0.226. The monoisotopic (exact) mass is 330 g/mol. The molecule has 1 aliphatic heterocycles. The Morgan fingerprint density at radius 1 is 1.38 bits per heavy atom. The largest absolute Gasteiger partial charge is 0.493 e. The van der Waals surface area contributed by atoms with Crippen molar-refractivity contribution in [3.63, 3.8) is 0 Å². The normalized spacial score (nSPS) is 16.1. The van der Waals surface area contributed by atoms with Crippen LogP contribution in [0.5, 0.6) is 11.5 Å². The second-order valence-corrected chi connectivity index (χ2v) is 5.97. The molecule has 7 heteroatoms. The summed E-state index contributed by atoms with van der Waals surface area (Å²) in [5, 5.41) is 10.1. The molecule has 2 aromatic rings. The number of ether oxygens (including phenoxy) is 2. The quantitative estimate of drug-likeness (QED) is 0.907. The molecule has 2 heterocycles. The van der Waals surface area contributed by atoms with E-state index in [-0.39, 0.29) is 12.1 Å². The third-order valence-electron chi connectivity index (χ3n) is 4.03. The van der Waals surface area contributed by atoms with Gasteiger partial charge in [0, 0.05) is 25.1 Å². The van der Waals surface area contributed by atoms with Crippen molar-refractivity contribution in [3.05, 3.63) is 35.0 Å². The number of benzene rings is 1. The van der Waals surface area contributed by atoms with Gasteiger partial charge in [0.25, 0.3) is 0 Å². The zero-order chi connectivity index (χ0) is 17.3. The molecule has 0 radical (unpaired) electrons. The second-order valence-electron chi connectivity index (χ2n) is 5.97. The molecule has 2 amide bonds. The summed E-state index contributed by atoms with van der Waals surface area (Å²) in [5.41, 5.74) is 2.85. The smallest absolute Gasteiger partial charge is 0.320 e. The molecule has 0 unspecified atom stereocenters. The number of fused-ring (bicyclic) bond motifs is 1. The topological polar surface area (TPSA) is 77.4 Å². The highest BCUT2D eigenvalue weighted by Gasteiger charge is 2.26. The zero-order valence-corrected chi connectivity index (χ0v) is 14.3. The molecule has 0 bridgehead atoms. The molecule has 24 heavy (non-hydrogen) atoms. The van der Waals surface area contributed by atoms with Crippen molar-refractivity contribution >= 4 is 11.8 Å². The van der Waals surface area contributed by atoms with E-state index in [4.69, 9.17) is 9.47 Å². The number of aryl methyl sites for hydroxylation is 3. The summed E-state index contributed by atoms with van der Waals surface area (Å²) in [6.45, 7) is 4.40. The number of nitrogens with one attached hydrogen (secondary N) is 2. The Labute approximate surface area is 140 Å². The molecule has 1 aliphatic rings. The fraction of sp³-hybridized carbons (Fsp3) is 0.412. The van der Waals surface area contributed by atoms with Crippen molar-refractivity contribution in [3.8, 4) is 11.5 Å². The van der Waals surface area contributed by atoms with Gasteiger partial charge in [0.1, 0.15) is 5.82 Å². The minimum atomic E-state index is -0.267. The number of hydrogen-bond donors (Lipinski definition) is 2. The average Bonchev–Trinajstić information content (AvgIpc) is 2.84.